The average molecular weight is 138 g/mol. The van der Waals surface area contributed by atoms with Crippen LogP contribution in [0.3, 0.4) is 0 Å². The van der Waals surface area contributed by atoms with Crippen LogP contribution in [0.2, 0.25) is 0 Å². The fourth-order valence-corrected chi connectivity index (χ4v) is 1.31. The summed E-state index contributed by atoms with van der Waals surface area (Å²) in [4.78, 5) is 11.0. The number of hydrogen-bond donors (Lipinski definition) is 0. The summed E-state index contributed by atoms with van der Waals surface area (Å²) in [7, 11) is 0. The van der Waals surface area contributed by atoms with Crippen molar-refractivity contribution in [2.75, 3.05) is 0 Å². The van der Waals surface area contributed by atoms with Gasteiger partial charge in [-0.25, -0.2) is 0 Å². The first-order valence-electron chi connectivity index (χ1n) is 4.05. The van der Waals surface area contributed by atoms with Crippen LogP contribution in [0.25, 0.3) is 0 Å². The van der Waals surface area contributed by atoms with E-state index in [0.717, 1.165) is 12.8 Å². The summed E-state index contributed by atoms with van der Waals surface area (Å²) in [6.45, 7) is 2.16. The number of rotatable bonds is 3. The molecule has 1 aliphatic rings. The lowest BCUT2D eigenvalue weighted by atomic mass is 9.99. The van der Waals surface area contributed by atoms with Gasteiger partial charge in [-0.2, -0.15) is 0 Å². The Morgan fingerprint density at radius 1 is 1.70 bits per heavy atom. The molecule has 0 N–H and O–H groups in total. The van der Waals surface area contributed by atoms with Gasteiger partial charge in [-0.3, -0.25) is 4.79 Å². The molecular formula is C9H14O. The molecule has 56 valence electrons. The minimum atomic E-state index is 0.333. The maximum Gasteiger partial charge on any atom is 0.158 e. The first-order chi connectivity index (χ1) is 4.84. The van der Waals surface area contributed by atoms with Crippen LogP contribution in [0.15, 0.2) is 12.2 Å². The van der Waals surface area contributed by atoms with E-state index in [2.05, 4.69) is 6.92 Å². The lowest BCUT2D eigenvalue weighted by Crippen LogP contribution is -2.05. The third-order valence-corrected chi connectivity index (χ3v) is 2.01. The molecule has 1 heteroatoms. The van der Waals surface area contributed by atoms with E-state index < -0.39 is 0 Å². The third-order valence-electron chi connectivity index (χ3n) is 2.01. The Bertz CT molecular complexity index is 147. The first kappa shape index (κ1) is 7.52. The quantitative estimate of drug-likeness (QED) is 0.585. The second kappa shape index (κ2) is 3.55. The van der Waals surface area contributed by atoms with Crippen molar-refractivity contribution in [3.8, 4) is 0 Å². The Balaban J connectivity index is 2.24. The molecule has 0 aromatic rings. The molecule has 1 aliphatic carbocycles. The van der Waals surface area contributed by atoms with Gasteiger partial charge in [-0.1, -0.05) is 25.8 Å². The van der Waals surface area contributed by atoms with Gasteiger partial charge in [-0.15, -0.1) is 0 Å². The van der Waals surface area contributed by atoms with Crippen molar-refractivity contribution in [2.45, 2.75) is 32.6 Å². The van der Waals surface area contributed by atoms with Crippen molar-refractivity contribution in [1.82, 2.24) is 0 Å². The van der Waals surface area contributed by atoms with E-state index in [9.17, 15) is 4.79 Å². The molecule has 1 atom stereocenters. The minimum absolute atomic E-state index is 0.333. The Kier molecular flexibility index (Phi) is 2.67. The predicted octanol–water partition coefficient (Wildman–Crippen LogP) is 2.32. The van der Waals surface area contributed by atoms with E-state index in [1.165, 1.54) is 12.8 Å². The van der Waals surface area contributed by atoms with E-state index in [0.29, 0.717) is 11.7 Å². The van der Waals surface area contributed by atoms with Gasteiger partial charge in [0, 0.05) is 5.92 Å². The monoisotopic (exact) mass is 138 g/mol. The molecule has 0 amide bonds. The highest BCUT2D eigenvalue weighted by Crippen LogP contribution is 2.19. The number of unbranched alkanes of at least 4 members (excludes halogenated alkanes) is 1. The fourth-order valence-electron chi connectivity index (χ4n) is 1.31. The average Bonchev–Trinajstić information content (AvgIpc) is 2.31. The Hall–Kier alpha value is -0.590. The van der Waals surface area contributed by atoms with Gasteiger partial charge in [0.05, 0.1) is 0 Å². The molecule has 0 fully saturated rings. The summed E-state index contributed by atoms with van der Waals surface area (Å²) in [5, 5.41) is 0. The summed E-state index contributed by atoms with van der Waals surface area (Å²) in [5.74, 6) is 0.674. The highest BCUT2D eigenvalue weighted by molar-refractivity contribution is 5.93. The number of carbonyl (C=O) groups is 1. The van der Waals surface area contributed by atoms with Crippen LogP contribution in [0, 0.1) is 5.92 Å². The van der Waals surface area contributed by atoms with Crippen LogP contribution in [-0.4, -0.2) is 5.78 Å². The molecule has 1 unspecified atom stereocenters. The summed E-state index contributed by atoms with van der Waals surface area (Å²) in [5.41, 5.74) is 0. The van der Waals surface area contributed by atoms with Crippen LogP contribution in [-0.2, 0) is 4.79 Å². The molecule has 1 nitrogen and oxygen atoms in total. The molecule has 0 saturated heterocycles. The summed E-state index contributed by atoms with van der Waals surface area (Å²) in [6, 6.07) is 0. The van der Waals surface area contributed by atoms with Crippen molar-refractivity contribution in [3.05, 3.63) is 12.2 Å². The number of allylic oxidation sites excluding steroid dienone is 2. The lowest BCUT2D eigenvalue weighted by molar-refractivity contribution is -0.117. The van der Waals surface area contributed by atoms with E-state index in [-0.39, 0.29) is 0 Å². The van der Waals surface area contributed by atoms with E-state index in [4.69, 9.17) is 0 Å². The Morgan fingerprint density at radius 3 is 3.00 bits per heavy atom. The standard InChI is InChI=1S/C9H14O/c1-2-3-5-8-6-4-7-9(8)10/h4,7-8H,2-3,5-6H2,1H3. The lowest BCUT2D eigenvalue weighted by Gasteiger charge is -2.04. The van der Waals surface area contributed by atoms with Gasteiger partial charge in [-0.05, 0) is 18.9 Å². The molecular weight excluding hydrogens is 124 g/mol. The van der Waals surface area contributed by atoms with E-state index >= 15 is 0 Å². The Labute approximate surface area is 62.1 Å². The van der Waals surface area contributed by atoms with E-state index in [1.54, 1.807) is 6.08 Å². The molecule has 0 radical (unpaired) electrons. The highest BCUT2D eigenvalue weighted by atomic mass is 16.1. The topological polar surface area (TPSA) is 17.1 Å². The van der Waals surface area contributed by atoms with Gasteiger partial charge >= 0.3 is 0 Å². The molecule has 1 rings (SSSR count). The van der Waals surface area contributed by atoms with Crippen LogP contribution < -0.4 is 0 Å². The zero-order chi connectivity index (χ0) is 7.40. The molecule has 0 aromatic heterocycles. The fraction of sp³-hybridized carbons (Fsp3) is 0.667. The van der Waals surface area contributed by atoms with Crippen LogP contribution in [0.5, 0.6) is 0 Å². The van der Waals surface area contributed by atoms with E-state index in [1.807, 2.05) is 6.08 Å². The van der Waals surface area contributed by atoms with Gasteiger partial charge in [0.1, 0.15) is 0 Å². The van der Waals surface area contributed by atoms with Crippen molar-refractivity contribution in [2.24, 2.45) is 5.92 Å². The zero-order valence-electron chi connectivity index (χ0n) is 6.47. The molecule has 0 heterocycles. The SMILES string of the molecule is CCCCC1CC=CC1=O. The zero-order valence-corrected chi connectivity index (χ0v) is 6.47. The Morgan fingerprint density at radius 2 is 2.50 bits per heavy atom. The normalized spacial score (nSPS) is 24.1. The highest BCUT2D eigenvalue weighted by Gasteiger charge is 2.17. The predicted molar refractivity (Wildman–Crippen MR) is 41.8 cm³/mol. The smallest absolute Gasteiger partial charge is 0.158 e. The minimum Gasteiger partial charge on any atom is -0.295 e. The number of ketones is 1. The van der Waals surface area contributed by atoms with Crippen LogP contribution >= 0.6 is 0 Å². The van der Waals surface area contributed by atoms with Crippen molar-refractivity contribution < 1.29 is 4.79 Å². The second-order valence-electron chi connectivity index (χ2n) is 2.88. The van der Waals surface area contributed by atoms with Gasteiger partial charge in [0.15, 0.2) is 5.78 Å². The van der Waals surface area contributed by atoms with Gasteiger partial charge < -0.3 is 0 Å². The maximum atomic E-state index is 11.0. The first-order valence-corrected chi connectivity index (χ1v) is 4.05. The van der Waals surface area contributed by atoms with Crippen molar-refractivity contribution >= 4 is 5.78 Å². The largest absolute Gasteiger partial charge is 0.295 e. The van der Waals surface area contributed by atoms with Crippen LogP contribution in [0.4, 0.5) is 0 Å². The summed E-state index contributed by atoms with van der Waals surface area (Å²) >= 11 is 0. The molecule has 0 aromatic carbocycles. The molecule has 0 aliphatic heterocycles. The molecule has 0 bridgehead atoms. The summed E-state index contributed by atoms with van der Waals surface area (Å²) < 4.78 is 0. The van der Waals surface area contributed by atoms with Crippen molar-refractivity contribution in [3.63, 3.8) is 0 Å². The third kappa shape index (κ3) is 1.69. The number of hydrogen-bond acceptors (Lipinski definition) is 1. The molecule has 10 heavy (non-hydrogen) atoms. The molecule has 0 spiro atoms. The second-order valence-corrected chi connectivity index (χ2v) is 2.88. The summed E-state index contributed by atoms with van der Waals surface area (Å²) in [6.07, 6.45) is 8.17. The number of carbonyl (C=O) groups excluding carboxylic acids is 1. The van der Waals surface area contributed by atoms with Crippen LogP contribution in [0.1, 0.15) is 32.6 Å². The van der Waals surface area contributed by atoms with Crippen molar-refractivity contribution in [1.29, 1.82) is 0 Å². The molecule has 0 saturated carbocycles. The van der Waals surface area contributed by atoms with Gasteiger partial charge in [0.2, 0.25) is 0 Å². The maximum absolute atomic E-state index is 11.0. The van der Waals surface area contributed by atoms with Gasteiger partial charge in [0.25, 0.3) is 0 Å².